The van der Waals surface area contributed by atoms with E-state index >= 15 is 0 Å². The molecule has 1 aliphatic rings. The average molecular weight is 358 g/mol. The number of methoxy groups -OCH3 is 1. The van der Waals surface area contributed by atoms with Crippen molar-refractivity contribution in [3.8, 4) is 0 Å². The van der Waals surface area contributed by atoms with Crippen LogP contribution in [-0.2, 0) is 19.1 Å². The molecule has 2 rings (SSSR count). The fourth-order valence-electron chi connectivity index (χ4n) is 3.18. The van der Waals surface area contributed by atoms with Gasteiger partial charge in [-0.2, -0.15) is 0 Å². The van der Waals surface area contributed by atoms with Crippen LogP contribution in [0.1, 0.15) is 46.1 Å². The molecule has 0 aliphatic carbocycles. The molecule has 6 nitrogen and oxygen atoms in total. The Balaban J connectivity index is 2.64. The van der Waals surface area contributed by atoms with Crippen molar-refractivity contribution in [2.45, 2.75) is 46.1 Å². The highest BCUT2D eigenvalue weighted by Gasteiger charge is 2.42. The van der Waals surface area contributed by atoms with Crippen molar-refractivity contribution in [1.29, 1.82) is 0 Å². The summed E-state index contributed by atoms with van der Waals surface area (Å²) in [7, 11) is 1.32. The Bertz CT molecular complexity index is 787. The molecule has 140 valence electrons. The normalized spacial score (nSPS) is 20.5. The largest absolute Gasteiger partial charge is 0.468 e. The van der Waals surface area contributed by atoms with Gasteiger partial charge in [-0.3, -0.25) is 9.79 Å². The molecule has 2 atom stereocenters. The molecular weight excluding hydrogens is 332 g/mol. The Labute approximate surface area is 154 Å². The summed E-state index contributed by atoms with van der Waals surface area (Å²) in [5.74, 6) is -2.23. The van der Waals surface area contributed by atoms with Crippen LogP contribution in [0.15, 0.2) is 40.5 Å². The van der Waals surface area contributed by atoms with Crippen molar-refractivity contribution in [2.75, 3.05) is 12.8 Å². The zero-order valence-electron chi connectivity index (χ0n) is 16.1. The van der Waals surface area contributed by atoms with Gasteiger partial charge in [-0.25, -0.2) is 4.79 Å². The van der Waals surface area contributed by atoms with Gasteiger partial charge in [0, 0.05) is 23.0 Å². The molecule has 1 aliphatic heterocycles. The van der Waals surface area contributed by atoms with Gasteiger partial charge in [0.25, 0.3) is 0 Å². The van der Waals surface area contributed by atoms with Crippen LogP contribution in [0.4, 0.5) is 5.69 Å². The van der Waals surface area contributed by atoms with E-state index in [0.29, 0.717) is 22.7 Å². The van der Waals surface area contributed by atoms with E-state index in [-0.39, 0.29) is 0 Å². The minimum absolute atomic E-state index is 0.353. The molecule has 2 N–H and O–H groups in total. The van der Waals surface area contributed by atoms with E-state index in [1.54, 1.807) is 52.8 Å². The first-order chi connectivity index (χ1) is 12.0. The van der Waals surface area contributed by atoms with Gasteiger partial charge in [0.15, 0.2) is 0 Å². The Morgan fingerprint density at radius 1 is 1.19 bits per heavy atom. The lowest BCUT2D eigenvalue weighted by Gasteiger charge is -2.32. The van der Waals surface area contributed by atoms with Gasteiger partial charge in [0.2, 0.25) is 0 Å². The third kappa shape index (κ3) is 4.12. The van der Waals surface area contributed by atoms with Crippen LogP contribution in [-0.4, -0.2) is 30.4 Å². The maximum Gasteiger partial charge on any atom is 0.337 e. The Morgan fingerprint density at radius 2 is 1.85 bits per heavy atom. The number of hydrogen-bond acceptors (Lipinski definition) is 6. The number of allylic oxidation sites excluding steroid dienone is 1. The van der Waals surface area contributed by atoms with Crippen molar-refractivity contribution in [1.82, 2.24) is 0 Å². The number of ether oxygens (including phenoxy) is 2. The molecule has 0 spiro atoms. The van der Waals surface area contributed by atoms with Crippen LogP contribution in [0.5, 0.6) is 0 Å². The number of esters is 2. The topological polar surface area (TPSA) is 91.0 Å². The van der Waals surface area contributed by atoms with Gasteiger partial charge < -0.3 is 15.2 Å². The monoisotopic (exact) mass is 358 g/mol. The predicted molar refractivity (Wildman–Crippen MR) is 101 cm³/mol. The lowest BCUT2D eigenvalue weighted by molar-refractivity contribution is -0.150. The van der Waals surface area contributed by atoms with Crippen LogP contribution in [0.25, 0.3) is 0 Å². The molecule has 0 fully saturated rings. The molecule has 2 unspecified atom stereocenters. The van der Waals surface area contributed by atoms with Crippen LogP contribution in [0.2, 0.25) is 0 Å². The number of carbonyl (C=O) groups excluding carboxylic acids is 2. The zero-order valence-corrected chi connectivity index (χ0v) is 16.1. The third-order valence-electron chi connectivity index (χ3n) is 4.17. The first-order valence-corrected chi connectivity index (χ1v) is 8.47. The highest BCUT2D eigenvalue weighted by atomic mass is 16.6. The molecule has 6 heteroatoms. The minimum Gasteiger partial charge on any atom is -0.468 e. The first-order valence-electron chi connectivity index (χ1n) is 8.47. The van der Waals surface area contributed by atoms with Crippen molar-refractivity contribution >= 4 is 23.3 Å². The van der Waals surface area contributed by atoms with E-state index in [2.05, 4.69) is 4.99 Å². The number of benzene rings is 1. The number of aliphatic imine (C=N–C) groups is 1. The summed E-state index contributed by atoms with van der Waals surface area (Å²) >= 11 is 0. The van der Waals surface area contributed by atoms with E-state index < -0.39 is 29.4 Å². The van der Waals surface area contributed by atoms with E-state index in [9.17, 15) is 9.59 Å². The second-order valence-electron chi connectivity index (χ2n) is 7.40. The summed E-state index contributed by atoms with van der Waals surface area (Å²) in [6.07, 6.45) is 0. The summed E-state index contributed by atoms with van der Waals surface area (Å²) in [5.41, 5.74) is 8.04. The quantitative estimate of drug-likeness (QED) is 0.662. The minimum atomic E-state index is -0.715. The first kappa shape index (κ1) is 19.7. The molecule has 1 aromatic carbocycles. The molecule has 0 saturated carbocycles. The lowest BCUT2D eigenvalue weighted by Crippen LogP contribution is -2.37. The number of nitrogens with zero attached hydrogens (tertiary/aromatic N) is 1. The SMILES string of the molecule is COC(=O)C1C(C)=NC(C)=C(C(=O)OC(C)(C)C)C1c1cccc(N)c1. The van der Waals surface area contributed by atoms with Crippen molar-refractivity contribution < 1.29 is 19.1 Å². The Hall–Kier alpha value is -2.63. The van der Waals surface area contributed by atoms with Crippen molar-refractivity contribution in [3.63, 3.8) is 0 Å². The number of anilines is 1. The van der Waals surface area contributed by atoms with Gasteiger partial charge in [0.1, 0.15) is 11.5 Å². The summed E-state index contributed by atoms with van der Waals surface area (Å²) in [4.78, 5) is 29.8. The molecule has 0 aromatic heterocycles. The van der Waals surface area contributed by atoms with Crippen molar-refractivity contribution in [2.24, 2.45) is 10.9 Å². The number of hydrogen-bond donors (Lipinski definition) is 1. The zero-order chi connectivity index (χ0) is 19.6. The van der Waals surface area contributed by atoms with Gasteiger partial charge in [-0.1, -0.05) is 12.1 Å². The molecule has 0 bridgehead atoms. The van der Waals surface area contributed by atoms with Crippen molar-refractivity contribution in [3.05, 3.63) is 41.1 Å². The van der Waals surface area contributed by atoms with Crippen LogP contribution in [0, 0.1) is 5.92 Å². The maximum absolute atomic E-state index is 12.9. The maximum atomic E-state index is 12.9. The number of carbonyl (C=O) groups is 2. The molecular formula is C20H26N2O4. The van der Waals surface area contributed by atoms with Crippen LogP contribution in [0.3, 0.4) is 0 Å². The van der Waals surface area contributed by atoms with Gasteiger partial charge >= 0.3 is 11.9 Å². The lowest BCUT2D eigenvalue weighted by atomic mass is 9.75. The fraction of sp³-hybridized carbons (Fsp3) is 0.450. The summed E-state index contributed by atoms with van der Waals surface area (Å²) in [5, 5.41) is 0. The van der Waals surface area contributed by atoms with Gasteiger partial charge in [0.05, 0.1) is 12.7 Å². The Morgan fingerprint density at radius 3 is 2.38 bits per heavy atom. The predicted octanol–water partition coefficient (Wildman–Crippen LogP) is 3.23. The number of nitrogens with two attached hydrogens (primary N) is 1. The second kappa shape index (κ2) is 7.32. The average Bonchev–Trinajstić information content (AvgIpc) is 2.51. The van der Waals surface area contributed by atoms with Crippen LogP contribution >= 0.6 is 0 Å². The van der Waals surface area contributed by atoms with E-state index in [1.807, 2.05) is 6.07 Å². The number of nitrogen functional groups attached to an aromatic ring is 1. The van der Waals surface area contributed by atoms with Crippen LogP contribution < -0.4 is 5.73 Å². The van der Waals surface area contributed by atoms with E-state index in [1.165, 1.54) is 7.11 Å². The van der Waals surface area contributed by atoms with E-state index in [0.717, 1.165) is 5.56 Å². The Kier molecular flexibility index (Phi) is 5.54. The molecule has 26 heavy (non-hydrogen) atoms. The third-order valence-corrected chi connectivity index (χ3v) is 4.17. The fourth-order valence-corrected chi connectivity index (χ4v) is 3.18. The molecule has 0 radical (unpaired) electrons. The van der Waals surface area contributed by atoms with E-state index in [4.69, 9.17) is 15.2 Å². The molecule has 0 saturated heterocycles. The molecule has 1 heterocycles. The smallest absolute Gasteiger partial charge is 0.337 e. The standard InChI is InChI=1S/C20H26N2O4/c1-11-15(18(23)25-6)17(13-8-7-9-14(21)10-13)16(12(2)22-11)19(24)26-20(3,4)5/h7-10,15,17H,21H2,1-6H3. The highest BCUT2D eigenvalue weighted by Crippen LogP contribution is 2.40. The van der Waals surface area contributed by atoms with Gasteiger partial charge in [-0.05, 0) is 52.3 Å². The summed E-state index contributed by atoms with van der Waals surface area (Å²) in [6.45, 7) is 8.90. The second-order valence-corrected chi connectivity index (χ2v) is 7.40. The molecule has 1 aromatic rings. The highest BCUT2D eigenvalue weighted by molar-refractivity contribution is 6.07. The summed E-state index contributed by atoms with van der Waals surface area (Å²) < 4.78 is 10.6. The molecule has 0 amide bonds. The van der Waals surface area contributed by atoms with Gasteiger partial charge in [-0.15, -0.1) is 0 Å². The number of rotatable bonds is 3. The summed E-state index contributed by atoms with van der Waals surface area (Å²) in [6, 6.07) is 7.15.